The predicted molar refractivity (Wildman–Crippen MR) is 56.2 cm³/mol. The van der Waals surface area contributed by atoms with Crippen molar-refractivity contribution in [3.8, 4) is 0 Å². The molecule has 0 saturated carbocycles. The van der Waals surface area contributed by atoms with Gasteiger partial charge < -0.3 is 5.73 Å². The van der Waals surface area contributed by atoms with Crippen molar-refractivity contribution in [1.82, 2.24) is 4.98 Å². The smallest absolute Gasteiger partial charge is 0.0725 e. The van der Waals surface area contributed by atoms with Crippen LogP contribution in [0.4, 0.5) is 5.69 Å². The monoisotopic (exact) mass is 175 g/mol. The van der Waals surface area contributed by atoms with Crippen LogP contribution in [0.2, 0.25) is 0 Å². The second-order valence-electron chi connectivity index (χ2n) is 2.79. The first-order valence-corrected chi connectivity index (χ1v) is 4.06. The summed E-state index contributed by atoms with van der Waals surface area (Å²) in [6.45, 7) is 6.01. The van der Waals surface area contributed by atoms with E-state index < -0.39 is 0 Å². The maximum Gasteiger partial charge on any atom is 0.0725 e. The lowest BCUT2D eigenvalue weighted by atomic mass is 10.1. The molecule has 68 valence electrons. The number of hydrogen-bond donors (Lipinski definition) is 1. The van der Waals surface area contributed by atoms with E-state index >= 15 is 0 Å². The molecule has 0 aliphatic carbocycles. The molecule has 0 aliphatic rings. The Labute approximate surface area is 78.0 Å². The first-order chi connectivity index (χ1) is 6.27. The molecule has 3 nitrogen and oxygen atoms in total. The van der Waals surface area contributed by atoms with Gasteiger partial charge in [0.15, 0.2) is 0 Å². The Bertz CT molecular complexity index is 329. The van der Waals surface area contributed by atoms with Crippen molar-refractivity contribution in [2.24, 2.45) is 10.7 Å². The molecule has 0 saturated heterocycles. The van der Waals surface area contributed by atoms with Gasteiger partial charge in [0.25, 0.3) is 0 Å². The highest BCUT2D eigenvalue weighted by Gasteiger charge is 1.96. The maximum absolute atomic E-state index is 5.48. The van der Waals surface area contributed by atoms with E-state index in [-0.39, 0.29) is 0 Å². The van der Waals surface area contributed by atoms with E-state index in [2.05, 4.69) is 16.7 Å². The second kappa shape index (κ2) is 4.52. The lowest BCUT2D eigenvalue weighted by molar-refractivity contribution is 1.15. The normalized spacial score (nSPS) is 11.4. The highest BCUT2D eigenvalue weighted by molar-refractivity contribution is 5.66. The number of rotatable bonds is 3. The van der Waals surface area contributed by atoms with Crippen molar-refractivity contribution in [1.29, 1.82) is 0 Å². The zero-order valence-corrected chi connectivity index (χ0v) is 7.70. The third kappa shape index (κ3) is 2.49. The molecule has 13 heavy (non-hydrogen) atoms. The molecule has 1 heterocycles. The summed E-state index contributed by atoms with van der Waals surface area (Å²) in [4.78, 5) is 7.89. The molecule has 0 amide bonds. The first kappa shape index (κ1) is 9.61. The average Bonchev–Trinajstić information content (AvgIpc) is 2.18. The van der Waals surface area contributed by atoms with Crippen LogP contribution in [0.3, 0.4) is 0 Å². The third-order valence-corrected chi connectivity index (χ3v) is 1.72. The van der Waals surface area contributed by atoms with Crippen LogP contribution in [0.25, 0.3) is 6.08 Å². The average molecular weight is 175 g/mol. The van der Waals surface area contributed by atoms with Crippen LogP contribution in [0.15, 0.2) is 29.0 Å². The molecule has 1 rings (SSSR count). The summed E-state index contributed by atoms with van der Waals surface area (Å²) in [5, 5.41) is 0. The summed E-state index contributed by atoms with van der Waals surface area (Å²) in [5.41, 5.74) is 8.37. The Balaban J connectivity index is 3.06. The topological polar surface area (TPSA) is 51.3 Å². The molecule has 0 aliphatic heterocycles. The van der Waals surface area contributed by atoms with Crippen LogP contribution in [-0.4, -0.2) is 18.2 Å². The van der Waals surface area contributed by atoms with Gasteiger partial charge in [-0.2, -0.15) is 0 Å². The Morgan fingerprint density at radius 2 is 2.54 bits per heavy atom. The van der Waals surface area contributed by atoms with Crippen molar-refractivity contribution >= 4 is 18.5 Å². The van der Waals surface area contributed by atoms with Gasteiger partial charge in [-0.1, -0.05) is 11.6 Å². The van der Waals surface area contributed by atoms with Crippen molar-refractivity contribution in [3.63, 3.8) is 0 Å². The minimum Gasteiger partial charge on any atom is -0.327 e. The number of nitrogens with two attached hydrogens (primary N) is 1. The molecule has 0 spiro atoms. The van der Waals surface area contributed by atoms with Crippen LogP contribution in [0, 0.1) is 0 Å². The Hall–Kier alpha value is -1.48. The van der Waals surface area contributed by atoms with Crippen molar-refractivity contribution in [2.45, 2.75) is 6.92 Å². The largest absolute Gasteiger partial charge is 0.327 e. The summed E-state index contributed by atoms with van der Waals surface area (Å²) < 4.78 is 0. The number of nitrogens with zero attached hydrogens (tertiary/aromatic N) is 2. The van der Waals surface area contributed by atoms with Gasteiger partial charge in [0.1, 0.15) is 0 Å². The summed E-state index contributed by atoms with van der Waals surface area (Å²) in [7, 11) is 0. The van der Waals surface area contributed by atoms with Gasteiger partial charge in [-0.25, -0.2) is 0 Å². The van der Waals surface area contributed by atoms with Crippen molar-refractivity contribution in [3.05, 3.63) is 29.6 Å². The summed E-state index contributed by atoms with van der Waals surface area (Å²) in [5.74, 6) is 0. The molecule has 0 atom stereocenters. The highest BCUT2D eigenvalue weighted by atomic mass is 14.7. The van der Waals surface area contributed by atoms with Crippen LogP contribution in [0.1, 0.15) is 12.5 Å². The highest BCUT2D eigenvalue weighted by Crippen LogP contribution is 2.18. The van der Waals surface area contributed by atoms with E-state index in [0.717, 1.165) is 16.8 Å². The van der Waals surface area contributed by atoms with Gasteiger partial charge in [-0.3, -0.25) is 9.98 Å². The van der Waals surface area contributed by atoms with Crippen LogP contribution < -0.4 is 5.73 Å². The van der Waals surface area contributed by atoms with Gasteiger partial charge >= 0.3 is 0 Å². The molecular formula is C10H13N3. The summed E-state index contributed by atoms with van der Waals surface area (Å²) >= 11 is 0. The van der Waals surface area contributed by atoms with Crippen LogP contribution >= 0.6 is 0 Å². The molecule has 0 fully saturated rings. The van der Waals surface area contributed by atoms with Crippen LogP contribution in [0.5, 0.6) is 0 Å². The molecule has 0 radical (unpaired) electrons. The molecule has 0 unspecified atom stereocenters. The van der Waals surface area contributed by atoms with E-state index in [9.17, 15) is 0 Å². The number of hydrogen-bond acceptors (Lipinski definition) is 3. The zero-order valence-electron chi connectivity index (χ0n) is 7.70. The fourth-order valence-electron chi connectivity index (χ4n) is 0.979. The standard InChI is InChI=1S/C10H13N3/c1-8(6-11)5-9-7-13-4-3-10(9)12-2/h3-5,7H,2,6,11H2,1H3/b8-5+. The van der Waals surface area contributed by atoms with E-state index in [1.165, 1.54) is 0 Å². The number of aromatic nitrogens is 1. The SMILES string of the molecule is C=Nc1ccncc1/C=C(\C)CN. The molecule has 1 aromatic heterocycles. The van der Waals surface area contributed by atoms with Gasteiger partial charge in [0, 0.05) is 24.5 Å². The maximum atomic E-state index is 5.48. The number of pyridine rings is 1. The Kier molecular flexibility index (Phi) is 3.34. The summed E-state index contributed by atoms with van der Waals surface area (Å²) in [6, 6.07) is 1.82. The number of aliphatic imine (C=N–C) groups is 1. The molecule has 2 N–H and O–H groups in total. The van der Waals surface area contributed by atoms with Gasteiger partial charge in [0.2, 0.25) is 0 Å². The van der Waals surface area contributed by atoms with Crippen molar-refractivity contribution in [2.75, 3.05) is 6.54 Å². The predicted octanol–water partition coefficient (Wildman–Crippen LogP) is 1.78. The van der Waals surface area contributed by atoms with E-state index in [1.807, 2.05) is 19.1 Å². The van der Waals surface area contributed by atoms with Gasteiger partial charge in [0.05, 0.1) is 5.69 Å². The van der Waals surface area contributed by atoms with Gasteiger partial charge in [-0.05, 0) is 19.7 Å². The van der Waals surface area contributed by atoms with E-state index in [1.54, 1.807) is 12.4 Å². The molecule has 0 bridgehead atoms. The molecule has 0 aromatic carbocycles. The van der Waals surface area contributed by atoms with E-state index in [4.69, 9.17) is 5.73 Å². The minimum atomic E-state index is 0.547. The fraction of sp³-hybridized carbons (Fsp3) is 0.200. The van der Waals surface area contributed by atoms with Crippen molar-refractivity contribution < 1.29 is 0 Å². The van der Waals surface area contributed by atoms with Gasteiger partial charge in [-0.15, -0.1) is 0 Å². The quantitative estimate of drug-likeness (QED) is 0.712. The van der Waals surface area contributed by atoms with E-state index in [0.29, 0.717) is 6.54 Å². The summed E-state index contributed by atoms with van der Waals surface area (Å²) in [6.07, 6.45) is 5.42. The second-order valence-corrected chi connectivity index (χ2v) is 2.79. The first-order valence-electron chi connectivity index (χ1n) is 4.06. The lowest BCUT2D eigenvalue weighted by Gasteiger charge is -2.00. The Morgan fingerprint density at radius 1 is 1.77 bits per heavy atom. The lowest BCUT2D eigenvalue weighted by Crippen LogP contribution is -1.99. The molecule has 1 aromatic rings. The zero-order chi connectivity index (χ0) is 9.68. The molecule has 3 heteroatoms. The third-order valence-electron chi connectivity index (χ3n) is 1.72. The minimum absolute atomic E-state index is 0.547. The molecular weight excluding hydrogens is 162 g/mol. The van der Waals surface area contributed by atoms with Crippen LogP contribution in [-0.2, 0) is 0 Å². The Morgan fingerprint density at radius 3 is 3.15 bits per heavy atom. The fourth-order valence-corrected chi connectivity index (χ4v) is 0.979.